The lowest BCUT2D eigenvalue weighted by Crippen LogP contribution is -2.44. The summed E-state index contributed by atoms with van der Waals surface area (Å²) in [4.78, 5) is 42.1. The van der Waals surface area contributed by atoms with Crippen LogP contribution in [-0.4, -0.2) is 66.9 Å². The Hall–Kier alpha value is -2.57. The molecule has 7 heteroatoms. The molecule has 1 fully saturated rings. The lowest BCUT2D eigenvalue weighted by atomic mass is 10.1. The quantitative estimate of drug-likeness (QED) is 0.870. The Labute approximate surface area is 153 Å². The summed E-state index contributed by atoms with van der Waals surface area (Å²) < 4.78 is 0. The van der Waals surface area contributed by atoms with Crippen molar-refractivity contribution in [1.29, 1.82) is 0 Å². The Morgan fingerprint density at radius 2 is 1.77 bits per heavy atom. The van der Waals surface area contributed by atoms with Gasteiger partial charge in [-0.25, -0.2) is 4.79 Å². The minimum atomic E-state index is -0.0756. The number of fused-ring (bicyclic) bond motifs is 1. The maximum atomic E-state index is 12.9. The Morgan fingerprint density at radius 1 is 1.08 bits per heavy atom. The normalized spacial score (nSPS) is 17.4. The molecule has 1 aromatic carbocycles. The molecule has 2 aliphatic rings. The van der Waals surface area contributed by atoms with Crippen LogP contribution < -0.4 is 10.2 Å². The Balaban J connectivity index is 1.67. The summed E-state index contributed by atoms with van der Waals surface area (Å²) in [6.07, 6.45) is 1.10. The molecule has 2 aliphatic heterocycles. The molecule has 0 atom stereocenters. The van der Waals surface area contributed by atoms with Crippen molar-refractivity contribution in [2.45, 2.75) is 32.7 Å². The molecule has 1 aromatic rings. The van der Waals surface area contributed by atoms with E-state index in [1.54, 1.807) is 27.8 Å². The number of nitrogens with zero attached hydrogens (tertiary/aromatic N) is 3. The van der Waals surface area contributed by atoms with Gasteiger partial charge in [-0.15, -0.1) is 0 Å². The second-order valence-electron chi connectivity index (χ2n) is 7.21. The summed E-state index contributed by atoms with van der Waals surface area (Å²) in [5.41, 5.74) is 2.38. The molecule has 1 N–H and O–H groups in total. The van der Waals surface area contributed by atoms with Gasteiger partial charge in [0.2, 0.25) is 5.91 Å². The first-order valence-corrected chi connectivity index (χ1v) is 9.11. The molecule has 0 aliphatic carbocycles. The summed E-state index contributed by atoms with van der Waals surface area (Å²) in [6, 6.07) is 5.47. The Morgan fingerprint density at radius 3 is 2.50 bits per heavy atom. The first-order valence-electron chi connectivity index (χ1n) is 9.11. The minimum Gasteiger partial charge on any atom is -0.337 e. The molecule has 0 unspecified atom stereocenters. The van der Waals surface area contributed by atoms with Crippen molar-refractivity contribution in [3.05, 3.63) is 29.3 Å². The zero-order valence-corrected chi connectivity index (χ0v) is 15.6. The third-order valence-corrected chi connectivity index (χ3v) is 4.89. The molecule has 0 bridgehead atoms. The van der Waals surface area contributed by atoms with Crippen molar-refractivity contribution < 1.29 is 14.4 Å². The summed E-state index contributed by atoms with van der Waals surface area (Å²) in [7, 11) is 1.75. The lowest BCUT2D eigenvalue weighted by molar-refractivity contribution is -0.117. The van der Waals surface area contributed by atoms with E-state index in [1.807, 2.05) is 26.0 Å². The van der Waals surface area contributed by atoms with E-state index in [4.69, 9.17) is 0 Å². The fourth-order valence-electron chi connectivity index (χ4n) is 3.45. The lowest BCUT2D eigenvalue weighted by Gasteiger charge is -2.23. The summed E-state index contributed by atoms with van der Waals surface area (Å²) >= 11 is 0. The molecule has 0 spiro atoms. The van der Waals surface area contributed by atoms with Gasteiger partial charge in [-0.05, 0) is 44.0 Å². The van der Waals surface area contributed by atoms with Crippen molar-refractivity contribution in [2.24, 2.45) is 0 Å². The molecule has 0 saturated carbocycles. The summed E-state index contributed by atoms with van der Waals surface area (Å²) in [6.45, 7) is 6.17. The van der Waals surface area contributed by atoms with E-state index < -0.39 is 0 Å². The summed E-state index contributed by atoms with van der Waals surface area (Å²) in [5, 5.41) is 2.90. The number of likely N-dealkylation sites (N-methyl/N-ethyl adjacent to an activating group) is 1. The van der Waals surface area contributed by atoms with E-state index in [9.17, 15) is 14.4 Å². The van der Waals surface area contributed by atoms with Crippen molar-refractivity contribution in [3.63, 3.8) is 0 Å². The average molecular weight is 358 g/mol. The average Bonchev–Trinajstić information content (AvgIpc) is 2.78. The van der Waals surface area contributed by atoms with Gasteiger partial charge in [0, 0.05) is 50.5 Å². The minimum absolute atomic E-state index is 0.0408. The monoisotopic (exact) mass is 358 g/mol. The molecule has 1 saturated heterocycles. The number of rotatable bonds is 2. The zero-order chi connectivity index (χ0) is 18.8. The molecular formula is C19H26N4O3. The number of amides is 4. The fraction of sp³-hybridized carbons (Fsp3) is 0.526. The molecule has 7 nitrogen and oxygen atoms in total. The third-order valence-electron chi connectivity index (χ3n) is 4.89. The SMILES string of the molecule is CC(C)NC(=O)N1CCCN(C(=O)c2ccc3c(c2)CC(=O)N3C)CC1. The predicted octanol–water partition coefficient (Wildman–Crippen LogP) is 1.47. The van der Waals surface area contributed by atoms with Gasteiger partial charge in [0.05, 0.1) is 6.42 Å². The van der Waals surface area contributed by atoms with Crippen molar-refractivity contribution in [3.8, 4) is 0 Å². The maximum Gasteiger partial charge on any atom is 0.317 e. The molecule has 4 amide bonds. The third kappa shape index (κ3) is 3.66. The van der Waals surface area contributed by atoms with Crippen LogP contribution in [0, 0.1) is 0 Å². The number of carbonyl (C=O) groups is 3. The highest BCUT2D eigenvalue weighted by Gasteiger charge is 2.27. The first kappa shape index (κ1) is 18.2. The maximum absolute atomic E-state index is 12.9. The van der Waals surface area contributed by atoms with Gasteiger partial charge in [0.25, 0.3) is 5.91 Å². The second-order valence-corrected chi connectivity index (χ2v) is 7.21. The molecule has 3 rings (SSSR count). The van der Waals surface area contributed by atoms with Crippen LogP contribution in [-0.2, 0) is 11.2 Å². The number of benzene rings is 1. The molecule has 0 aromatic heterocycles. The van der Waals surface area contributed by atoms with Gasteiger partial charge in [-0.2, -0.15) is 0 Å². The van der Waals surface area contributed by atoms with Gasteiger partial charge < -0.3 is 20.0 Å². The van der Waals surface area contributed by atoms with Gasteiger partial charge in [-0.3, -0.25) is 9.59 Å². The van der Waals surface area contributed by atoms with E-state index in [-0.39, 0.29) is 23.9 Å². The van der Waals surface area contributed by atoms with Crippen LogP contribution in [0.3, 0.4) is 0 Å². The zero-order valence-electron chi connectivity index (χ0n) is 15.6. The number of anilines is 1. The Bertz CT molecular complexity index is 731. The highest BCUT2D eigenvalue weighted by Crippen LogP contribution is 2.28. The van der Waals surface area contributed by atoms with Gasteiger partial charge >= 0.3 is 6.03 Å². The molecule has 0 radical (unpaired) electrons. The number of nitrogens with one attached hydrogen (secondary N) is 1. The van der Waals surface area contributed by atoms with Crippen LogP contribution in [0.1, 0.15) is 36.2 Å². The standard InChI is InChI=1S/C19H26N4O3/c1-13(2)20-19(26)23-8-4-7-22(9-10-23)18(25)14-5-6-16-15(11-14)12-17(24)21(16)3/h5-6,11,13H,4,7-10,12H2,1-3H3,(H,20,26). The number of urea groups is 1. The number of carbonyl (C=O) groups excluding carboxylic acids is 3. The first-order chi connectivity index (χ1) is 12.4. The van der Waals surface area contributed by atoms with Crippen molar-refractivity contribution in [2.75, 3.05) is 38.1 Å². The fourth-order valence-corrected chi connectivity index (χ4v) is 3.45. The largest absolute Gasteiger partial charge is 0.337 e. The molecular weight excluding hydrogens is 332 g/mol. The van der Waals surface area contributed by atoms with Crippen molar-refractivity contribution in [1.82, 2.24) is 15.1 Å². The van der Waals surface area contributed by atoms with Crippen LogP contribution in [0.5, 0.6) is 0 Å². The van der Waals surface area contributed by atoms with E-state index in [2.05, 4.69) is 5.32 Å². The van der Waals surface area contributed by atoms with E-state index in [1.165, 1.54) is 0 Å². The highest BCUT2D eigenvalue weighted by atomic mass is 16.2. The van der Waals surface area contributed by atoms with Gasteiger partial charge in [-0.1, -0.05) is 0 Å². The van der Waals surface area contributed by atoms with E-state index in [0.717, 1.165) is 17.7 Å². The molecule has 26 heavy (non-hydrogen) atoms. The summed E-state index contributed by atoms with van der Waals surface area (Å²) in [5.74, 6) is 0.00657. The van der Waals surface area contributed by atoms with Crippen LogP contribution in [0.4, 0.5) is 10.5 Å². The van der Waals surface area contributed by atoms with Crippen LogP contribution >= 0.6 is 0 Å². The smallest absolute Gasteiger partial charge is 0.317 e. The topological polar surface area (TPSA) is 73.0 Å². The van der Waals surface area contributed by atoms with Crippen molar-refractivity contribution >= 4 is 23.5 Å². The molecule has 2 heterocycles. The van der Waals surface area contributed by atoms with Crippen LogP contribution in [0.25, 0.3) is 0 Å². The van der Waals surface area contributed by atoms with Crippen LogP contribution in [0.15, 0.2) is 18.2 Å². The predicted molar refractivity (Wildman–Crippen MR) is 99.3 cm³/mol. The van der Waals surface area contributed by atoms with Crippen LogP contribution in [0.2, 0.25) is 0 Å². The Kier molecular flexibility index (Phi) is 5.15. The van der Waals surface area contributed by atoms with E-state index >= 15 is 0 Å². The number of hydrogen-bond donors (Lipinski definition) is 1. The van der Waals surface area contributed by atoms with Gasteiger partial charge in [0.15, 0.2) is 0 Å². The second kappa shape index (κ2) is 7.35. The molecule has 140 valence electrons. The van der Waals surface area contributed by atoms with Gasteiger partial charge in [0.1, 0.15) is 0 Å². The number of hydrogen-bond acceptors (Lipinski definition) is 3. The van der Waals surface area contributed by atoms with E-state index in [0.29, 0.717) is 38.2 Å². The highest BCUT2D eigenvalue weighted by molar-refractivity contribution is 6.03.